The molecule has 0 aliphatic heterocycles. The Kier molecular flexibility index (Phi) is 7.69. The molecule has 5 saturated carbocycles. The molecular formula is C38H44F2O3S2. The summed E-state index contributed by atoms with van der Waals surface area (Å²) in [5, 5.41) is -3.99. The van der Waals surface area contributed by atoms with Crippen LogP contribution in [0.3, 0.4) is 0 Å². The van der Waals surface area contributed by atoms with Gasteiger partial charge in [0.05, 0.1) is 0 Å². The van der Waals surface area contributed by atoms with Crippen LogP contribution in [0.2, 0.25) is 0 Å². The van der Waals surface area contributed by atoms with Crippen molar-refractivity contribution in [1.29, 1.82) is 0 Å². The quantitative estimate of drug-likeness (QED) is 0.217. The fourth-order valence-corrected chi connectivity index (χ4v) is 15.9. The number of hydrogen-bond donors (Lipinski definition) is 0. The highest BCUT2D eigenvalue weighted by atomic mass is 32.3. The summed E-state index contributed by atoms with van der Waals surface area (Å²) in [5.41, 5.74) is 1.22. The van der Waals surface area contributed by atoms with Crippen molar-refractivity contribution in [3.05, 3.63) is 90.5 Å². The van der Waals surface area contributed by atoms with Gasteiger partial charge in [-0.2, -0.15) is 17.2 Å². The molecular weight excluding hydrogens is 607 g/mol. The number of hydrogen-bond acceptors (Lipinski definition) is 3. The van der Waals surface area contributed by atoms with Crippen molar-refractivity contribution in [2.75, 3.05) is 0 Å². The molecule has 0 heterocycles. The summed E-state index contributed by atoms with van der Waals surface area (Å²) in [7, 11) is -8.38. The van der Waals surface area contributed by atoms with E-state index in [1.807, 2.05) is 72.8 Å². The largest absolute Gasteiger partial charge is 0.371 e. The van der Waals surface area contributed by atoms with Gasteiger partial charge in [0.1, 0.15) is 0 Å². The van der Waals surface area contributed by atoms with Crippen molar-refractivity contribution in [3.63, 3.8) is 0 Å². The minimum atomic E-state index is -5.33. The van der Waals surface area contributed by atoms with Crippen LogP contribution < -0.4 is 0 Å². The molecule has 45 heavy (non-hydrogen) atoms. The standard InChI is InChI=1S/C38H44F2O3S2/c39-38(40,25-31-23-30-24-35(31)37-29-17-16-28(22-29)36(30)37)45(41,42)43-44(32-12-6-2-7-13-32,33-14-8-3-9-15-33)34-20-18-27(19-21-34)26-10-4-1-5-11-26/h2-3,6-9,12-15,18-21,26,28-31,35-37H,1,4-5,10-11,16-17,22-25H2. The molecule has 240 valence electrons. The normalized spacial score (nSPS) is 31.7. The first-order valence-corrected chi connectivity index (χ1v) is 20.1. The van der Waals surface area contributed by atoms with E-state index in [-0.39, 0.29) is 11.8 Å². The van der Waals surface area contributed by atoms with Crippen LogP contribution in [-0.2, 0) is 13.7 Å². The van der Waals surface area contributed by atoms with Gasteiger partial charge in [0.25, 0.3) is 0 Å². The number of fused-ring (bicyclic) bond motifs is 9. The van der Waals surface area contributed by atoms with E-state index in [2.05, 4.69) is 12.1 Å². The second kappa shape index (κ2) is 11.5. The molecule has 3 nitrogen and oxygen atoms in total. The second-order valence-electron chi connectivity index (χ2n) is 14.6. The number of benzene rings is 3. The molecule has 0 N–H and O–H groups in total. The molecule has 0 saturated heterocycles. The van der Waals surface area contributed by atoms with Crippen molar-refractivity contribution in [2.24, 2.45) is 41.4 Å². The van der Waals surface area contributed by atoms with Crippen molar-refractivity contribution >= 4 is 20.4 Å². The first-order valence-electron chi connectivity index (χ1n) is 17.1. The molecule has 7 heteroatoms. The summed E-state index contributed by atoms with van der Waals surface area (Å²) < 4.78 is 67.2. The topological polar surface area (TPSA) is 43.4 Å². The third-order valence-corrected chi connectivity index (χ3v) is 17.6. The van der Waals surface area contributed by atoms with E-state index in [0.717, 1.165) is 31.6 Å². The fraction of sp³-hybridized carbons (Fsp3) is 0.526. The molecule has 3 aromatic carbocycles. The molecule has 3 aromatic rings. The molecule has 5 aliphatic carbocycles. The van der Waals surface area contributed by atoms with Crippen LogP contribution in [0.25, 0.3) is 0 Å². The monoisotopic (exact) mass is 650 g/mol. The molecule has 0 amide bonds. The molecule has 0 radical (unpaired) electrons. The van der Waals surface area contributed by atoms with Gasteiger partial charge in [0.15, 0.2) is 0 Å². The molecule has 5 aliphatic rings. The van der Waals surface area contributed by atoms with Gasteiger partial charge in [-0.15, -0.1) is 0 Å². The average Bonchev–Trinajstić information content (AvgIpc) is 3.86. The lowest BCUT2D eigenvalue weighted by Crippen LogP contribution is -2.38. The molecule has 0 spiro atoms. The van der Waals surface area contributed by atoms with Crippen LogP contribution in [0.15, 0.2) is 99.6 Å². The van der Waals surface area contributed by atoms with Crippen LogP contribution in [0.4, 0.5) is 8.78 Å². The van der Waals surface area contributed by atoms with Crippen molar-refractivity contribution < 1.29 is 20.8 Å². The van der Waals surface area contributed by atoms with Crippen molar-refractivity contribution in [1.82, 2.24) is 0 Å². The lowest BCUT2D eigenvalue weighted by Gasteiger charge is -2.41. The minimum Gasteiger partial charge on any atom is -0.202 e. The molecule has 5 fully saturated rings. The van der Waals surface area contributed by atoms with Crippen LogP contribution in [-0.4, -0.2) is 13.7 Å². The number of halogens is 2. The van der Waals surface area contributed by atoms with Gasteiger partial charge in [-0.1, -0.05) is 67.8 Å². The lowest BCUT2D eigenvalue weighted by atomic mass is 9.67. The Balaban J connectivity index is 1.15. The zero-order valence-electron chi connectivity index (χ0n) is 25.8. The Morgan fingerprint density at radius 3 is 1.84 bits per heavy atom. The first kappa shape index (κ1) is 30.1. The molecule has 7 unspecified atom stereocenters. The summed E-state index contributed by atoms with van der Waals surface area (Å²) in [6.45, 7) is 0. The van der Waals surface area contributed by atoms with Gasteiger partial charge in [-0.3, -0.25) is 0 Å². The zero-order chi connectivity index (χ0) is 30.8. The summed E-state index contributed by atoms with van der Waals surface area (Å²) in [6, 6.07) is 26.3. The van der Waals surface area contributed by atoms with E-state index >= 15 is 8.78 Å². The summed E-state index contributed by atoms with van der Waals surface area (Å²) >= 11 is 0. The summed E-state index contributed by atoms with van der Waals surface area (Å²) in [4.78, 5) is 1.79. The van der Waals surface area contributed by atoms with Gasteiger partial charge < -0.3 is 0 Å². The summed E-state index contributed by atoms with van der Waals surface area (Å²) in [6.07, 6.45) is 10.8. The Labute approximate surface area is 268 Å². The third-order valence-electron chi connectivity index (χ3n) is 12.4. The van der Waals surface area contributed by atoms with Crippen LogP contribution >= 0.6 is 10.3 Å². The van der Waals surface area contributed by atoms with Gasteiger partial charge in [0, 0.05) is 21.1 Å². The zero-order valence-corrected chi connectivity index (χ0v) is 27.4. The SMILES string of the molecule is O=S(=O)(OS(c1ccccc1)(c1ccccc1)c1ccc(C2CCCCC2)cc1)C(F)(F)CC1CC2CC1C1C3CCC(C3)C21. The van der Waals surface area contributed by atoms with Crippen LogP contribution in [0, 0.1) is 41.4 Å². The maximum atomic E-state index is 16.4. The predicted molar refractivity (Wildman–Crippen MR) is 175 cm³/mol. The third kappa shape index (κ3) is 5.02. The molecule has 4 bridgehead atoms. The van der Waals surface area contributed by atoms with E-state index in [4.69, 9.17) is 3.63 Å². The molecule has 8 rings (SSSR count). The second-order valence-corrected chi connectivity index (χ2v) is 19.2. The van der Waals surface area contributed by atoms with Gasteiger partial charge in [-0.05, 0) is 145 Å². The van der Waals surface area contributed by atoms with Gasteiger partial charge >= 0.3 is 15.4 Å². The van der Waals surface area contributed by atoms with Gasteiger partial charge in [-0.25, -0.2) is 3.63 Å². The Hall–Kier alpha value is -2.22. The maximum absolute atomic E-state index is 16.4. The molecule has 7 atom stereocenters. The predicted octanol–water partition coefficient (Wildman–Crippen LogP) is 10.6. The van der Waals surface area contributed by atoms with E-state index in [1.165, 1.54) is 44.1 Å². The Bertz CT molecular complexity index is 1570. The smallest absolute Gasteiger partial charge is 0.202 e. The first-order chi connectivity index (χ1) is 21.8. The van der Waals surface area contributed by atoms with E-state index in [0.29, 0.717) is 44.3 Å². The minimum absolute atomic E-state index is 0.226. The highest BCUT2D eigenvalue weighted by molar-refractivity contribution is 8.33. The van der Waals surface area contributed by atoms with Crippen LogP contribution in [0.1, 0.15) is 82.1 Å². The van der Waals surface area contributed by atoms with Crippen molar-refractivity contribution in [3.8, 4) is 0 Å². The molecule has 0 aromatic heterocycles. The average molecular weight is 651 g/mol. The Morgan fingerprint density at radius 1 is 0.644 bits per heavy atom. The number of alkyl halides is 2. The van der Waals surface area contributed by atoms with E-state index < -0.39 is 32.1 Å². The summed E-state index contributed by atoms with van der Waals surface area (Å²) in [5.74, 6) is 3.56. The van der Waals surface area contributed by atoms with E-state index in [1.54, 1.807) is 0 Å². The van der Waals surface area contributed by atoms with Crippen molar-refractivity contribution in [2.45, 2.75) is 96.5 Å². The highest BCUT2D eigenvalue weighted by Gasteiger charge is 2.64. The van der Waals surface area contributed by atoms with E-state index in [9.17, 15) is 8.42 Å². The highest BCUT2D eigenvalue weighted by Crippen LogP contribution is 2.72. The lowest BCUT2D eigenvalue weighted by molar-refractivity contribution is 0.0196. The number of rotatable bonds is 9. The van der Waals surface area contributed by atoms with Gasteiger partial charge in [0.2, 0.25) is 0 Å². The Morgan fingerprint density at radius 2 is 1.22 bits per heavy atom. The fourth-order valence-electron chi connectivity index (χ4n) is 10.6. The van der Waals surface area contributed by atoms with Crippen LogP contribution in [0.5, 0.6) is 0 Å². The maximum Gasteiger partial charge on any atom is 0.371 e.